The number of carboxylic acid groups (broad SMARTS) is 2. The van der Waals surface area contributed by atoms with E-state index in [0.29, 0.717) is 6.42 Å². The molecule has 0 fully saturated rings. The Morgan fingerprint density at radius 3 is 1.32 bits per heavy atom. The third kappa shape index (κ3) is 35.7. The third-order valence-corrected chi connectivity index (χ3v) is 4.11. The standard InChI is InChI=1S/C12H26O3S.C4H6O4.Na.H/c1-2-3-4-5-6-7-8-9-10-11-12-16(13,14)15;5-3(6)1-2-4(7)8;;/h2-12H2,1H3,(H,13,14,15);1-2H2,(H,5,6)(H,7,8);;. The molecule has 9 heteroatoms. The van der Waals surface area contributed by atoms with Crippen LogP contribution in [0.4, 0.5) is 0 Å². The van der Waals surface area contributed by atoms with E-state index < -0.39 is 22.1 Å². The van der Waals surface area contributed by atoms with Crippen molar-refractivity contribution < 1.29 is 32.8 Å². The van der Waals surface area contributed by atoms with E-state index in [1.54, 1.807) is 0 Å². The molecule has 0 aliphatic rings. The second-order valence-corrected chi connectivity index (χ2v) is 7.33. The minimum absolute atomic E-state index is 0. The zero-order valence-electron chi connectivity index (χ0n) is 14.6. The fraction of sp³-hybridized carbons (Fsp3) is 0.875. The second-order valence-electron chi connectivity index (χ2n) is 5.76. The van der Waals surface area contributed by atoms with Crippen LogP contribution in [0.1, 0.15) is 84.0 Å². The van der Waals surface area contributed by atoms with Gasteiger partial charge < -0.3 is 10.2 Å². The van der Waals surface area contributed by atoms with Crippen LogP contribution in [0.15, 0.2) is 0 Å². The van der Waals surface area contributed by atoms with Gasteiger partial charge in [0.15, 0.2) is 0 Å². The third-order valence-electron chi connectivity index (χ3n) is 3.31. The normalized spacial score (nSPS) is 10.3. The first-order chi connectivity index (χ1) is 11.2. The van der Waals surface area contributed by atoms with Crippen LogP contribution < -0.4 is 0 Å². The monoisotopic (exact) mass is 392 g/mol. The predicted molar refractivity (Wildman–Crippen MR) is 99.9 cm³/mol. The molecule has 0 heterocycles. The Bertz CT molecular complexity index is 410. The van der Waals surface area contributed by atoms with Crippen LogP contribution in [0.5, 0.6) is 0 Å². The fourth-order valence-corrected chi connectivity index (χ4v) is 2.55. The Morgan fingerprint density at radius 2 is 1.04 bits per heavy atom. The topological polar surface area (TPSA) is 129 Å². The quantitative estimate of drug-likeness (QED) is 0.235. The summed E-state index contributed by atoms with van der Waals surface area (Å²) in [5, 5.41) is 15.8. The maximum absolute atomic E-state index is 10.4. The maximum atomic E-state index is 10.4. The van der Waals surface area contributed by atoms with Crippen molar-refractivity contribution in [3.63, 3.8) is 0 Å². The van der Waals surface area contributed by atoms with Gasteiger partial charge in [-0.1, -0.05) is 64.7 Å². The SMILES string of the molecule is CCCCCCCCCCCCS(=O)(=O)O.O=C(O)CCC(=O)O.[NaH]. The first-order valence-electron chi connectivity index (χ1n) is 8.57. The van der Waals surface area contributed by atoms with Crippen LogP contribution in [0.2, 0.25) is 0 Å². The molecule has 146 valence electrons. The van der Waals surface area contributed by atoms with Crippen LogP contribution in [0.25, 0.3) is 0 Å². The van der Waals surface area contributed by atoms with Gasteiger partial charge in [0.25, 0.3) is 10.1 Å². The van der Waals surface area contributed by atoms with Gasteiger partial charge in [-0.3, -0.25) is 14.1 Å². The van der Waals surface area contributed by atoms with Crippen molar-refractivity contribution in [1.29, 1.82) is 0 Å². The summed E-state index contributed by atoms with van der Waals surface area (Å²) in [6, 6.07) is 0. The van der Waals surface area contributed by atoms with Crippen molar-refractivity contribution in [2.24, 2.45) is 0 Å². The average molecular weight is 392 g/mol. The Labute approximate surface area is 173 Å². The number of hydrogen-bond acceptors (Lipinski definition) is 4. The molecular weight excluding hydrogens is 359 g/mol. The molecule has 0 radical (unpaired) electrons. The van der Waals surface area contributed by atoms with Crippen LogP contribution in [0.3, 0.4) is 0 Å². The summed E-state index contributed by atoms with van der Waals surface area (Å²) in [5.41, 5.74) is 0. The van der Waals surface area contributed by atoms with Gasteiger partial charge in [-0.25, -0.2) is 0 Å². The number of carboxylic acids is 2. The predicted octanol–water partition coefficient (Wildman–Crippen LogP) is 3.08. The van der Waals surface area contributed by atoms with E-state index in [4.69, 9.17) is 14.8 Å². The van der Waals surface area contributed by atoms with Crippen molar-refractivity contribution >= 4 is 51.6 Å². The van der Waals surface area contributed by atoms with Crippen molar-refractivity contribution in [3.8, 4) is 0 Å². The summed E-state index contributed by atoms with van der Waals surface area (Å²) in [4.78, 5) is 19.3. The van der Waals surface area contributed by atoms with Gasteiger partial charge >= 0.3 is 41.5 Å². The zero-order valence-corrected chi connectivity index (χ0v) is 15.4. The summed E-state index contributed by atoms with van der Waals surface area (Å²) in [5.74, 6) is -2.23. The van der Waals surface area contributed by atoms with Crippen LogP contribution in [-0.2, 0) is 19.7 Å². The first-order valence-corrected chi connectivity index (χ1v) is 10.2. The minimum atomic E-state index is -3.73. The Hall–Kier alpha value is -0.150. The molecule has 0 unspecified atom stereocenters. The Kier molecular flexibility index (Phi) is 23.9. The molecule has 0 bridgehead atoms. The van der Waals surface area contributed by atoms with Gasteiger partial charge in [0.2, 0.25) is 0 Å². The molecule has 0 spiro atoms. The van der Waals surface area contributed by atoms with E-state index in [-0.39, 0.29) is 48.2 Å². The first kappa shape index (κ1) is 29.6. The van der Waals surface area contributed by atoms with Crippen LogP contribution in [0, 0.1) is 0 Å². The molecule has 0 aromatic carbocycles. The van der Waals surface area contributed by atoms with E-state index >= 15 is 0 Å². The molecule has 0 aromatic heterocycles. The fourth-order valence-electron chi connectivity index (χ4n) is 1.99. The molecule has 0 atom stereocenters. The molecule has 0 aliphatic carbocycles. The number of hydrogen-bond donors (Lipinski definition) is 3. The Balaban J connectivity index is -0.000000457. The van der Waals surface area contributed by atoms with Gasteiger partial charge in [-0.2, -0.15) is 8.42 Å². The van der Waals surface area contributed by atoms with Gasteiger partial charge in [0.1, 0.15) is 0 Å². The van der Waals surface area contributed by atoms with E-state index in [2.05, 4.69) is 6.92 Å². The Morgan fingerprint density at radius 1 is 0.720 bits per heavy atom. The molecule has 7 nitrogen and oxygen atoms in total. The molecular formula is C16H33NaO7S. The summed E-state index contributed by atoms with van der Waals surface area (Å²) in [6.45, 7) is 2.22. The van der Waals surface area contributed by atoms with Gasteiger partial charge in [-0.15, -0.1) is 0 Å². The molecule has 0 aliphatic heterocycles. The van der Waals surface area contributed by atoms with E-state index in [1.165, 1.54) is 44.9 Å². The zero-order chi connectivity index (χ0) is 18.8. The summed E-state index contributed by atoms with van der Waals surface area (Å²) < 4.78 is 29.4. The van der Waals surface area contributed by atoms with Crippen molar-refractivity contribution in [3.05, 3.63) is 0 Å². The van der Waals surface area contributed by atoms with Crippen LogP contribution >= 0.6 is 0 Å². The van der Waals surface area contributed by atoms with Crippen molar-refractivity contribution in [1.82, 2.24) is 0 Å². The molecule has 0 saturated heterocycles. The van der Waals surface area contributed by atoms with Gasteiger partial charge in [0.05, 0.1) is 18.6 Å². The average Bonchev–Trinajstić information content (AvgIpc) is 2.46. The summed E-state index contributed by atoms with van der Waals surface area (Å²) in [6.07, 6.45) is 11.1. The molecule has 0 saturated carbocycles. The van der Waals surface area contributed by atoms with E-state index in [1.807, 2.05) is 0 Å². The molecule has 3 N–H and O–H groups in total. The van der Waals surface area contributed by atoms with Crippen LogP contribution in [-0.4, -0.2) is 70.4 Å². The number of aliphatic carboxylic acids is 2. The van der Waals surface area contributed by atoms with Gasteiger partial charge in [-0.05, 0) is 6.42 Å². The molecule has 25 heavy (non-hydrogen) atoms. The second kappa shape index (κ2) is 20.2. The van der Waals surface area contributed by atoms with E-state index in [9.17, 15) is 18.0 Å². The van der Waals surface area contributed by atoms with Crippen molar-refractivity contribution in [2.45, 2.75) is 84.0 Å². The number of rotatable bonds is 14. The van der Waals surface area contributed by atoms with Crippen molar-refractivity contribution in [2.75, 3.05) is 5.75 Å². The number of unbranched alkanes of at least 4 members (excludes halogenated alkanes) is 9. The molecule has 0 rings (SSSR count). The summed E-state index contributed by atoms with van der Waals surface area (Å²) in [7, 11) is -3.73. The summed E-state index contributed by atoms with van der Waals surface area (Å²) >= 11 is 0. The molecule has 0 aromatic rings. The molecule has 0 amide bonds. The van der Waals surface area contributed by atoms with Gasteiger partial charge in [0, 0.05) is 0 Å². The van der Waals surface area contributed by atoms with E-state index in [0.717, 1.165) is 12.8 Å². The number of carbonyl (C=O) groups is 2.